The van der Waals surface area contributed by atoms with E-state index in [4.69, 9.17) is 5.73 Å². The summed E-state index contributed by atoms with van der Waals surface area (Å²) in [6.45, 7) is 1.92. The summed E-state index contributed by atoms with van der Waals surface area (Å²) in [5.74, 6) is 0.0196. The molecule has 0 saturated carbocycles. The highest BCUT2D eigenvalue weighted by Gasteiger charge is 2.39. The Balaban J connectivity index is 2.07. The molecule has 4 heteroatoms. The van der Waals surface area contributed by atoms with E-state index < -0.39 is 5.41 Å². The van der Waals surface area contributed by atoms with Crippen molar-refractivity contribution in [3.05, 3.63) is 30.3 Å². The van der Waals surface area contributed by atoms with Gasteiger partial charge < -0.3 is 16.4 Å². The van der Waals surface area contributed by atoms with Crippen molar-refractivity contribution in [1.82, 2.24) is 5.32 Å². The first kappa shape index (κ1) is 11.1. The molecule has 2 rings (SSSR count). The van der Waals surface area contributed by atoms with Crippen LogP contribution in [0, 0.1) is 5.41 Å². The number of anilines is 1. The summed E-state index contributed by atoms with van der Waals surface area (Å²) >= 11 is 0. The van der Waals surface area contributed by atoms with Crippen LogP contribution in [0.5, 0.6) is 0 Å². The molecule has 4 nitrogen and oxygen atoms in total. The minimum absolute atomic E-state index is 0.0196. The van der Waals surface area contributed by atoms with Crippen LogP contribution in [-0.2, 0) is 4.79 Å². The van der Waals surface area contributed by atoms with Crippen LogP contribution in [0.3, 0.4) is 0 Å². The van der Waals surface area contributed by atoms with Crippen LogP contribution >= 0.6 is 0 Å². The SMILES string of the molecule is NCC1(C(=O)Nc2ccccc2)CCNC1. The van der Waals surface area contributed by atoms with Crippen LogP contribution in [0.1, 0.15) is 6.42 Å². The maximum atomic E-state index is 12.1. The summed E-state index contributed by atoms with van der Waals surface area (Å²) in [6.07, 6.45) is 0.808. The number of hydrogen-bond acceptors (Lipinski definition) is 3. The minimum atomic E-state index is -0.435. The van der Waals surface area contributed by atoms with E-state index in [9.17, 15) is 4.79 Å². The summed E-state index contributed by atoms with van der Waals surface area (Å²) < 4.78 is 0. The molecule has 1 heterocycles. The molecule has 1 aliphatic rings. The Hall–Kier alpha value is -1.39. The van der Waals surface area contributed by atoms with E-state index in [1.54, 1.807) is 0 Å². The minimum Gasteiger partial charge on any atom is -0.329 e. The summed E-state index contributed by atoms with van der Waals surface area (Å²) in [5.41, 5.74) is 6.11. The molecular formula is C12H17N3O. The molecule has 1 aromatic rings. The van der Waals surface area contributed by atoms with Gasteiger partial charge in [-0.15, -0.1) is 0 Å². The molecule has 4 N–H and O–H groups in total. The number of para-hydroxylation sites is 1. The van der Waals surface area contributed by atoms with Gasteiger partial charge in [-0.3, -0.25) is 4.79 Å². The fourth-order valence-electron chi connectivity index (χ4n) is 1.99. The number of hydrogen-bond donors (Lipinski definition) is 3. The van der Waals surface area contributed by atoms with Crippen LogP contribution in [0.4, 0.5) is 5.69 Å². The zero-order valence-corrected chi connectivity index (χ0v) is 9.20. The lowest BCUT2D eigenvalue weighted by Crippen LogP contribution is -2.44. The van der Waals surface area contributed by atoms with Gasteiger partial charge in [0.1, 0.15) is 0 Å². The van der Waals surface area contributed by atoms with E-state index in [2.05, 4.69) is 10.6 Å². The largest absolute Gasteiger partial charge is 0.329 e. The Labute approximate surface area is 95.2 Å². The van der Waals surface area contributed by atoms with Crippen molar-refractivity contribution in [1.29, 1.82) is 0 Å². The van der Waals surface area contributed by atoms with Crippen molar-refractivity contribution in [3.8, 4) is 0 Å². The molecule has 1 fully saturated rings. The van der Waals surface area contributed by atoms with Gasteiger partial charge in [0.2, 0.25) is 5.91 Å². The molecule has 1 aromatic carbocycles. The van der Waals surface area contributed by atoms with Crippen LogP contribution in [-0.4, -0.2) is 25.5 Å². The third-order valence-electron chi connectivity index (χ3n) is 3.15. The molecule has 1 saturated heterocycles. The lowest BCUT2D eigenvalue weighted by atomic mass is 9.86. The van der Waals surface area contributed by atoms with Crippen molar-refractivity contribution in [3.63, 3.8) is 0 Å². The van der Waals surface area contributed by atoms with Crippen LogP contribution in [0.15, 0.2) is 30.3 Å². The summed E-state index contributed by atoms with van der Waals surface area (Å²) in [6, 6.07) is 9.48. The second-order valence-corrected chi connectivity index (χ2v) is 4.23. The smallest absolute Gasteiger partial charge is 0.233 e. The standard InChI is InChI=1S/C12H17N3O/c13-8-12(6-7-14-9-12)11(16)15-10-4-2-1-3-5-10/h1-5,14H,6-9,13H2,(H,15,16). The van der Waals surface area contributed by atoms with Crippen molar-refractivity contribution in [2.75, 3.05) is 25.0 Å². The average Bonchev–Trinajstić information content (AvgIpc) is 2.80. The zero-order chi connectivity index (χ0) is 11.4. The molecule has 86 valence electrons. The van der Waals surface area contributed by atoms with Gasteiger partial charge in [0.25, 0.3) is 0 Å². The van der Waals surface area contributed by atoms with Crippen molar-refractivity contribution in [2.24, 2.45) is 11.1 Å². The van der Waals surface area contributed by atoms with Gasteiger partial charge in [-0.2, -0.15) is 0 Å². The first-order valence-electron chi connectivity index (χ1n) is 5.54. The Morgan fingerprint density at radius 2 is 2.19 bits per heavy atom. The second-order valence-electron chi connectivity index (χ2n) is 4.23. The van der Waals surface area contributed by atoms with Gasteiger partial charge in [0.05, 0.1) is 5.41 Å². The van der Waals surface area contributed by atoms with E-state index in [1.807, 2.05) is 30.3 Å². The molecule has 1 aliphatic heterocycles. The molecule has 1 atom stereocenters. The topological polar surface area (TPSA) is 67.2 Å². The number of amides is 1. The number of nitrogens with two attached hydrogens (primary N) is 1. The van der Waals surface area contributed by atoms with Crippen molar-refractivity contribution < 1.29 is 4.79 Å². The molecule has 0 radical (unpaired) electrons. The molecule has 1 unspecified atom stereocenters. The molecule has 1 amide bonds. The maximum Gasteiger partial charge on any atom is 0.233 e. The monoisotopic (exact) mass is 219 g/mol. The fourth-order valence-corrected chi connectivity index (χ4v) is 1.99. The predicted octanol–water partition coefficient (Wildman–Crippen LogP) is 0.563. The third kappa shape index (κ3) is 2.08. The number of carbonyl (C=O) groups excluding carboxylic acids is 1. The van der Waals surface area contributed by atoms with E-state index in [1.165, 1.54) is 0 Å². The van der Waals surface area contributed by atoms with Crippen molar-refractivity contribution >= 4 is 11.6 Å². The Kier molecular flexibility index (Phi) is 3.22. The first-order chi connectivity index (χ1) is 7.77. The van der Waals surface area contributed by atoms with E-state index in [0.717, 1.165) is 18.7 Å². The third-order valence-corrected chi connectivity index (χ3v) is 3.15. The van der Waals surface area contributed by atoms with Gasteiger partial charge in [-0.25, -0.2) is 0 Å². The highest BCUT2D eigenvalue weighted by Crippen LogP contribution is 2.25. The van der Waals surface area contributed by atoms with Crippen molar-refractivity contribution in [2.45, 2.75) is 6.42 Å². The summed E-state index contributed by atoms with van der Waals surface area (Å²) in [7, 11) is 0. The number of carbonyl (C=O) groups is 1. The van der Waals surface area contributed by atoms with Crippen LogP contribution in [0.2, 0.25) is 0 Å². The Morgan fingerprint density at radius 3 is 2.75 bits per heavy atom. The average molecular weight is 219 g/mol. The van der Waals surface area contributed by atoms with Gasteiger partial charge in [0.15, 0.2) is 0 Å². The predicted molar refractivity (Wildman–Crippen MR) is 64.0 cm³/mol. The number of nitrogens with one attached hydrogen (secondary N) is 2. The second kappa shape index (κ2) is 4.63. The van der Waals surface area contributed by atoms with E-state index in [-0.39, 0.29) is 5.91 Å². The molecule has 16 heavy (non-hydrogen) atoms. The fraction of sp³-hybridized carbons (Fsp3) is 0.417. The van der Waals surface area contributed by atoms with Gasteiger partial charge >= 0.3 is 0 Å². The lowest BCUT2D eigenvalue weighted by molar-refractivity contribution is -0.124. The lowest BCUT2D eigenvalue weighted by Gasteiger charge is -2.24. The first-order valence-corrected chi connectivity index (χ1v) is 5.54. The van der Waals surface area contributed by atoms with E-state index >= 15 is 0 Å². The van der Waals surface area contributed by atoms with Crippen LogP contribution < -0.4 is 16.4 Å². The van der Waals surface area contributed by atoms with Crippen LogP contribution in [0.25, 0.3) is 0 Å². The molecule has 0 aliphatic carbocycles. The summed E-state index contributed by atoms with van der Waals surface area (Å²) in [4.78, 5) is 12.1. The molecule has 0 aromatic heterocycles. The highest BCUT2D eigenvalue weighted by molar-refractivity contribution is 5.95. The molecule has 0 spiro atoms. The molecule has 0 bridgehead atoms. The van der Waals surface area contributed by atoms with Gasteiger partial charge in [-0.05, 0) is 25.1 Å². The maximum absolute atomic E-state index is 12.1. The summed E-state index contributed by atoms with van der Waals surface area (Å²) in [5, 5.41) is 6.11. The van der Waals surface area contributed by atoms with Gasteiger partial charge in [0, 0.05) is 18.8 Å². The number of rotatable bonds is 3. The highest BCUT2D eigenvalue weighted by atomic mass is 16.2. The van der Waals surface area contributed by atoms with E-state index in [0.29, 0.717) is 13.1 Å². The Bertz CT molecular complexity index is 358. The quantitative estimate of drug-likeness (QED) is 0.696. The number of benzene rings is 1. The van der Waals surface area contributed by atoms with Gasteiger partial charge in [-0.1, -0.05) is 18.2 Å². The Morgan fingerprint density at radius 1 is 1.44 bits per heavy atom. The normalized spacial score (nSPS) is 24.3. The zero-order valence-electron chi connectivity index (χ0n) is 9.20. The molecular weight excluding hydrogens is 202 g/mol.